The fraction of sp³-hybridized carbons (Fsp3) is 0.320. The first-order valence-corrected chi connectivity index (χ1v) is 11.3. The number of nitrogens with zero attached hydrogens (tertiary/aromatic N) is 2. The Morgan fingerprint density at radius 2 is 2.21 bits per heavy atom. The highest BCUT2D eigenvalue weighted by Crippen LogP contribution is 2.32. The Bertz CT molecular complexity index is 1450. The van der Waals surface area contributed by atoms with Crippen molar-refractivity contribution in [2.75, 3.05) is 19.7 Å². The Balaban J connectivity index is 1.41. The second kappa shape index (κ2) is 9.17. The van der Waals surface area contributed by atoms with E-state index in [2.05, 4.69) is 21.7 Å². The van der Waals surface area contributed by atoms with Gasteiger partial charge in [-0.05, 0) is 42.3 Å². The van der Waals surface area contributed by atoms with Gasteiger partial charge in [0, 0.05) is 43.8 Å². The van der Waals surface area contributed by atoms with Crippen molar-refractivity contribution >= 4 is 27.9 Å². The largest absolute Gasteiger partial charge is 0.419 e. The number of ether oxygens (including phenoxy) is 1. The molecule has 4 aromatic rings. The highest BCUT2D eigenvalue weighted by atomic mass is 16.5. The molecule has 0 spiro atoms. The summed E-state index contributed by atoms with van der Waals surface area (Å²) in [6, 6.07) is 13.1. The number of hydrogen-bond acceptors (Lipinski definition) is 6. The summed E-state index contributed by atoms with van der Waals surface area (Å²) in [5.74, 6) is -0.677. The van der Waals surface area contributed by atoms with Gasteiger partial charge >= 0.3 is 5.76 Å². The highest BCUT2D eigenvalue weighted by molar-refractivity contribution is 5.97. The van der Waals surface area contributed by atoms with Gasteiger partial charge in [-0.1, -0.05) is 18.2 Å². The number of amides is 1. The number of aromatic nitrogens is 2. The molecule has 0 saturated carbocycles. The monoisotopic (exact) mass is 459 g/mol. The first kappa shape index (κ1) is 21.9. The first-order chi connectivity index (χ1) is 16.5. The smallest absolute Gasteiger partial charge is 0.408 e. The number of H-pyrrole nitrogens is 1. The number of fused-ring (bicyclic) bond motifs is 2. The predicted octanol–water partition coefficient (Wildman–Crippen LogP) is 2.21. The van der Waals surface area contributed by atoms with Crippen molar-refractivity contribution in [1.82, 2.24) is 20.2 Å². The predicted molar refractivity (Wildman–Crippen MR) is 127 cm³/mol. The van der Waals surface area contributed by atoms with Gasteiger partial charge in [-0.25, -0.2) is 4.79 Å². The van der Waals surface area contributed by atoms with Gasteiger partial charge in [0.1, 0.15) is 12.1 Å². The summed E-state index contributed by atoms with van der Waals surface area (Å²) in [7, 11) is 1.68. The molecule has 5 rings (SSSR count). The van der Waals surface area contributed by atoms with E-state index < -0.39 is 17.9 Å². The lowest BCUT2D eigenvalue weighted by Crippen LogP contribution is -2.46. The maximum Gasteiger partial charge on any atom is 0.419 e. The number of hydrogen-bond donors (Lipinski definition) is 3. The molecule has 1 amide bonds. The van der Waals surface area contributed by atoms with Crippen molar-refractivity contribution in [2.24, 2.45) is 7.05 Å². The van der Waals surface area contributed by atoms with Gasteiger partial charge in [-0.3, -0.25) is 9.36 Å². The zero-order chi connectivity index (χ0) is 23.7. The van der Waals surface area contributed by atoms with Gasteiger partial charge in [-0.15, -0.1) is 0 Å². The number of carbonyl (C=O) groups is 1. The Morgan fingerprint density at radius 3 is 3.06 bits per heavy atom. The van der Waals surface area contributed by atoms with Gasteiger partial charge in [0.25, 0.3) is 5.91 Å². The van der Waals surface area contributed by atoms with Crippen LogP contribution in [0.1, 0.15) is 12.0 Å². The SMILES string of the molecule is Cn1c(=O)oc2ccc(-c3ccc(CC(C#N)NC(=O)C4CNCCCO4)c4cc[nH]c34)cc21. The van der Waals surface area contributed by atoms with Crippen molar-refractivity contribution in [3.8, 4) is 17.2 Å². The summed E-state index contributed by atoms with van der Waals surface area (Å²) in [5.41, 5.74) is 5.03. The molecular formula is C25H25N5O4. The summed E-state index contributed by atoms with van der Waals surface area (Å²) in [5, 5.41) is 16.7. The summed E-state index contributed by atoms with van der Waals surface area (Å²) in [6.07, 6.45) is 2.48. The van der Waals surface area contributed by atoms with E-state index in [-0.39, 0.29) is 5.91 Å². The number of nitrogens with one attached hydrogen (secondary N) is 3. The molecule has 2 atom stereocenters. The van der Waals surface area contributed by atoms with Crippen LogP contribution in [0.3, 0.4) is 0 Å². The van der Waals surface area contributed by atoms with Gasteiger partial charge in [-0.2, -0.15) is 5.26 Å². The van der Waals surface area contributed by atoms with Gasteiger partial charge in [0.05, 0.1) is 17.1 Å². The van der Waals surface area contributed by atoms with E-state index in [1.165, 1.54) is 4.57 Å². The van der Waals surface area contributed by atoms with Crippen molar-refractivity contribution in [3.63, 3.8) is 0 Å². The lowest BCUT2D eigenvalue weighted by atomic mass is 9.96. The van der Waals surface area contributed by atoms with Crippen LogP contribution in [-0.4, -0.2) is 47.3 Å². The van der Waals surface area contributed by atoms with Crippen molar-refractivity contribution < 1.29 is 13.9 Å². The molecule has 0 radical (unpaired) electrons. The molecule has 1 aliphatic rings. The minimum atomic E-state index is -0.680. The first-order valence-electron chi connectivity index (χ1n) is 11.3. The molecule has 0 aliphatic carbocycles. The molecule has 34 heavy (non-hydrogen) atoms. The average molecular weight is 460 g/mol. The zero-order valence-corrected chi connectivity index (χ0v) is 18.8. The van der Waals surface area contributed by atoms with E-state index in [9.17, 15) is 14.9 Å². The number of carbonyl (C=O) groups excluding carboxylic acids is 1. The fourth-order valence-electron chi connectivity index (χ4n) is 4.43. The maximum absolute atomic E-state index is 12.6. The molecule has 9 heteroatoms. The number of nitriles is 1. The summed E-state index contributed by atoms with van der Waals surface area (Å²) >= 11 is 0. The molecule has 9 nitrogen and oxygen atoms in total. The summed E-state index contributed by atoms with van der Waals surface area (Å²) in [6.45, 7) is 1.77. The lowest BCUT2D eigenvalue weighted by Gasteiger charge is -2.18. The number of aryl methyl sites for hydroxylation is 1. The van der Waals surface area contributed by atoms with Crippen LogP contribution >= 0.6 is 0 Å². The van der Waals surface area contributed by atoms with Crippen LogP contribution < -0.4 is 16.4 Å². The summed E-state index contributed by atoms with van der Waals surface area (Å²) < 4.78 is 12.3. The quantitative estimate of drug-likeness (QED) is 0.420. The van der Waals surface area contributed by atoms with Crippen molar-refractivity contribution in [1.29, 1.82) is 5.26 Å². The topological polar surface area (TPSA) is 125 Å². The molecule has 2 unspecified atom stereocenters. The van der Waals surface area contributed by atoms with E-state index >= 15 is 0 Å². The molecule has 0 bridgehead atoms. The van der Waals surface area contributed by atoms with Crippen LogP contribution in [0.4, 0.5) is 0 Å². The van der Waals surface area contributed by atoms with Crippen LogP contribution in [-0.2, 0) is 23.0 Å². The molecule has 1 aliphatic heterocycles. The van der Waals surface area contributed by atoms with E-state index in [0.717, 1.165) is 40.6 Å². The molecule has 3 N–H and O–H groups in total. The number of aromatic amines is 1. The average Bonchev–Trinajstić information content (AvgIpc) is 3.32. The Kier molecular flexibility index (Phi) is 5.92. The third kappa shape index (κ3) is 4.09. The molecule has 174 valence electrons. The van der Waals surface area contributed by atoms with Crippen LogP contribution in [0, 0.1) is 11.3 Å². The van der Waals surface area contributed by atoms with Crippen molar-refractivity contribution in [3.05, 3.63) is 58.7 Å². The Morgan fingerprint density at radius 1 is 1.32 bits per heavy atom. The maximum atomic E-state index is 12.6. The van der Waals surface area contributed by atoms with E-state index in [0.29, 0.717) is 30.7 Å². The molecular weight excluding hydrogens is 434 g/mol. The second-order valence-corrected chi connectivity index (χ2v) is 8.46. The van der Waals surface area contributed by atoms with Gasteiger partial charge in [0.2, 0.25) is 0 Å². The third-order valence-corrected chi connectivity index (χ3v) is 6.25. The van der Waals surface area contributed by atoms with Gasteiger partial charge < -0.3 is 24.8 Å². The normalized spacial score (nSPS) is 17.4. The molecule has 3 heterocycles. The minimum absolute atomic E-state index is 0.276. The second-order valence-electron chi connectivity index (χ2n) is 8.46. The highest BCUT2D eigenvalue weighted by Gasteiger charge is 2.24. The summed E-state index contributed by atoms with van der Waals surface area (Å²) in [4.78, 5) is 27.8. The van der Waals surface area contributed by atoms with Crippen molar-refractivity contribution in [2.45, 2.75) is 25.0 Å². The van der Waals surface area contributed by atoms with Crippen LogP contribution in [0.2, 0.25) is 0 Å². The van der Waals surface area contributed by atoms with Gasteiger partial charge in [0.15, 0.2) is 5.58 Å². The molecule has 1 fully saturated rings. The standard InChI is InChI=1S/C25H25N5O4/c1-30-20-12-16(4-6-21(20)34-25(30)32)18-5-3-15(19-7-9-28-23(18)19)11-17(13-26)29-24(31)22-14-27-8-2-10-33-22/h3-7,9,12,17,22,27-28H,2,8,10-11,14H2,1H3,(H,29,31). The zero-order valence-electron chi connectivity index (χ0n) is 18.8. The van der Waals surface area contributed by atoms with Crippen LogP contribution in [0.15, 0.2) is 51.8 Å². The third-order valence-electron chi connectivity index (χ3n) is 6.25. The Hall–Kier alpha value is -3.87. The van der Waals surface area contributed by atoms with Crippen LogP contribution in [0.5, 0.6) is 0 Å². The van der Waals surface area contributed by atoms with E-state index in [4.69, 9.17) is 9.15 Å². The van der Waals surface area contributed by atoms with Crippen LogP contribution in [0.25, 0.3) is 33.1 Å². The van der Waals surface area contributed by atoms with E-state index in [1.54, 1.807) is 13.1 Å². The lowest BCUT2D eigenvalue weighted by molar-refractivity contribution is -0.132. The van der Waals surface area contributed by atoms with E-state index in [1.807, 2.05) is 36.5 Å². The molecule has 2 aromatic carbocycles. The fourth-order valence-corrected chi connectivity index (χ4v) is 4.43. The molecule has 1 saturated heterocycles. The molecule has 2 aromatic heterocycles. The number of oxazole rings is 1. The number of rotatable bonds is 5. The number of benzene rings is 2. The Labute approximate surface area is 195 Å². The minimum Gasteiger partial charge on any atom is -0.408 e.